The molecule has 0 saturated heterocycles. The molecule has 0 bridgehead atoms. The number of furan rings is 1. The summed E-state index contributed by atoms with van der Waals surface area (Å²) >= 11 is 0. The SMILES string of the molecule is Cc1ccccc1N1c2cc3oc4c(-c5ccccc5)cccc4c3cc2N(c2ccccc2)[C@@H]1C. The summed E-state index contributed by atoms with van der Waals surface area (Å²) in [5, 5.41) is 2.28. The molecule has 174 valence electrons. The highest BCUT2D eigenvalue weighted by Gasteiger charge is 2.36. The fourth-order valence-electron chi connectivity index (χ4n) is 5.68. The number of rotatable bonds is 3. The lowest BCUT2D eigenvalue weighted by Crippen LogP contribution is -2.35. The number of benzene rings is 5. The van der Waals surface area contributed by atoms with Crippen molar-refractivity contribution in [3.05, 3.63) is 121 Å². The fraction of sp³-hybridized carbons (Fsp3) is 0.0909. The van der Waals surface area contributed by atoms with Crippen molar-refractivity contribution in [1.29, 1.82) is 0 Å². The summed E-state index contributed by atoms with van der Waals surface area (Å²) in [6, 6.07) is 40.7. The second-order valence-corrected chi connectivity index (χ2v) is 9.48. The summed E-state index contributed by atoms with van der Waals surface area (Å²) in [6.45, 7) is 4.45. The zero-order valence-corrected chi connectivity index (χ0v) is 20.3. The van der Waals surface area contributed by atoms with Gasteiger partial charge < -0.3 is 14.2 Å². The van der Waals surface area contributed by atoms with E-state index in [0.717, 1.165) is 38.8 Å². The summed E-state index contributed by atoms with van der Waals surface area (Å²) < 4.78 is 6.61. The Labute approximate surface area is 210 Å². The lowest BCUT2D eigenvalue weighted by Gasteiger charge is -2.31. The van der Waals surface area contributed by atoms with Crippen LogP contribution >= 0.6 is 0 Å². The molecular weight excluding hydrogens is 440 g/mol. The van der Waals surface area contributed by atoms with Crippen LogP contribution in [0.4, 0.5) is 22.7 Å². The number of aryl methyl sites for hydroxylation is 1. The van der Waals surface area contributed by atoms with Crippen LogP contribution in [0.2, 0.25) is 0 Å². The van der Waals surface area contributed by atoms with E-state index < -0.39 is 0 Å². The minimum Gasteiger partial charge on any atom is -0.455 e. The van der Waals surface area contributed by atoms with E-state index in [9.17, 15) is 0 Å². The number of hydrogen-bond acceptors (Lipinski definition) is 3. The van der Waals surface area contributed by atoms with Gasteiger partial charge in [0.2, 0.25) is 0 Å². The van der Waals surface area contributed by atoms with Gasteiger partial charge in [0.25, 0.3) is 0 Å². The van der Waals surface area contributed by atoms with Crippen LogP contribution in [-0.4, -0.2) is 6.17 Å². The predicted octanol–water partition coefficient (Wildman–Crippen LogP) is 9.20. The van der Waals surface area contributed by atoms with Crippen LogP contribution in [0.1, 0.15) is 12.5 Å². The highest BCUT2D eigenvalue weighted by atomic mass is 16.3. The van der Waals surface area contributed by atoms with Crippen molar-refractivity contribution in [2.24, 2.45) is 0 Å². The van der Waals surface area contributed by atoms with Gasteiger partial charge in [-0.25, -0.2) is 0 Å². The van der Waals surface area contributed by atoms with E-state index >= 15 is 0 Å². The predicted molar refractivity (Wildman–Crippen MR) is 151 cm³/mol. The molecule has 7 rings (SSSR count). The Morgan fingerprint density at radius 2 is 1.31 bits per heavy atom. The van der Waals surface area contributed by atoms with Gasteiger partial charge in [-0.3, -0.25) is 0 Å². The molecule has 1 aromatic heterocycles. The fourth-order valence-corrected chi connectivity index (χ4v) is 5.68. The Bertz CT molecular complexity index is 1720. The van der Waals surface area contributed by atoms with Crippen molar-refractivity contribution in [2.75, 3.05) is 9.80 Å². The lowest BCUT2D eigenvalue weighted by atomic mass is 10.0. The van der Waals surface area contributed by atoms with Gasteiger partial charge in [-0.1, -0.05) is 84.9 Å². The number of nitrogens with zero attached hydrogens (tertiary/aromatic N) is 2. The van der Waals surface area contributed by atoms with Gasteiger partial charge in [0, 0.05) is 33.8 Å². The van der Waals surface area contributed by atoms with Crippen molar-refractivity contribution in [3.63, 3.8) is 0 Å². The maximum atomic E-state index is 6.61. The number of anilines is 4. The minimum absolute atomic E-state index is 0.112. The van der Waals surface area contributed by atoms with Crippen LogP contribution in [0.3, 0.4) is 0 Å². The quantitative estimate of drug-likeness (QED) is 0.259. The topological polar surface area (TPSA) is 19.6 Å². The Kier molecular flexibility index (Phi) is 4.65. The molecule has 5 aromatic carbocycles. The molecule has 2 heterocycles. The number of para-hydroxylation sites is 3. The van der Waals surface area contributed by atoms with Gasteiger partial charge in [0.15, 0.2) is 0 Å². The van der Waals surface area contributed by atoms with E-state index in [-0.39, 0.29) is 6.17 Å². The van der Waals surface area contributed by atoms with Gasteiger partial charge in [-0.2, -0.15) is 0 Å². The molecular formula is C33H26N2O. The molecule has 36 heavy (non-hydrogen) atoms. The molecule has 0 amide bonds. The maximum Gasteiger partial charge on any atom is 0.143 e. The third kappa shape index (κ3) is 3.06. The van der Waals surface area contributed by atoms with Crippen molar-refractivity contribution in [3.8, 4) is 11.1 Å². The standard InChI is InChI=1S/C33H26N2O/c1-22-12-9-10-19-29(22)35-23(2)34(25-15-7-4-8-16-25)30-20-28-27-18-11-17-26(24-13-5-3-6-14-24)33(27)36-32(28)21-31(30)35/h3-21,23H,1-2H3/t23-/m0/s1. The number of hydrogen-bond donors (Lipinski definition) is 0. The maximum absolute atomic E-state index is 6.61. The second-order valence-electron chi connectivity index (χ2n) is 9.48. The Morgan fingerprint density at radius 1 is 0.611 bits per heavy atom. The van der Waals surface area contributed by atoms with Crippen LogP contribution in [0.15, 0.2) is 120 Å². The molecule has 1 aliphatic heterocycles. The summed E-state index contributed by atoms with van der Waals surface area (Å²) in [4.78, 5) is 4.86. The molecule has 3 heteroatoms. The molecule has 0 unspecified atom stereocenters. The molecule has 0 saturated carbocycles. The third-order valence-corrected chi connectivity index (χ3v) is 7.35. The van der Waals surface area contributed by atoms with Crippen LogP contribution in [0.5, 0.6) is 0 Å². The number of fused-ring (bicyclic) bond motifs is 4. The summed E-state index contributed by atoms with van der Waals surface area (Å²) in [7, 11) is 0. The highest BCUT2D eigenvalue weighted by molar-refractivity contribution is 6.12. The monoisotopic (exact) mass is 466 g/mol. The summed E-state index contributed by atoms with van der Waals surface area (Å²) in [5.41, 5.74) is 10.1. The molecule has 0 spiro atoms. The highest BCUT2D eigenvalue weighted by Crippen LogP contribution is 2.51. The van der Waals surface area contributed by atoms with Crippen molar-refractivity contribution < 1.29 is 4.42 Å². The van der Waals surface area contributed by atoms with Gasteiger partial charge >= 0.3 is 0 Å². The Morgan fingerprint density at radius 3 is 2.08 bits per heavy atom. The third-order valence-electron chi connectivity index (χ3n) is 7.35. The van der Waals surface area contributed by atoms with Crippen molar-refractivity contribution in [2.45, 2.75) is 20.0 Å². The van der Waals surface area contributed by atoms with Crippen molar-refractivity contribution in [1.82, 2.24) is 0 Å². The van der Waals surface area contributed by atoms with Crippen molar-refractivity contribution >= 4 is 44.7 Å². The second kappa shape index (κ2) is 8.03. The van der Waals surface area contributed by atoms with E-state index in [1.54, 1.807) is 0 Å². The summed E-state index contributed by atoms with van der Waals surface area (Å²) in [5.74, 6) is 0. The Balaban J connectivity index is 1.51. The minimum atomic E-state index is 0.112. The first-order chi connectivity index (χ1) is 17.7. The molecule has 0 aliphatic carbocycles. The average Bonchev–Trinajstić information content (AvgIpc) is 3.42. The average molecular weight is 467 g/mol. The van der Waals surface area contributed by atoms with Crippen LogP contribution in [-0.2, 0) is 0 Å². The van der Waals surface area contributed by atoms with Gasteiger partial charge in [-0.05, 0) is 49.2 Å². The van der Waals surface area contributed by atoms with Gasteiger partial charge in [0.05, 0.1) is 11.4 Å². The molecule has 0 radical (unpaired) electrons. The van der Waals surface area contributed by atoms with Crippen LogP contribution in [0, 0.1) is 6.92 Å². The van der Waals surface area contributed by atoms with Gasteiger partial charge in [-0.15, -0.1) is 0 Å². The zero-order valence-electron chi connectivity index (χ0n) is 20.3. The molecule has 6 aromatic rings. The lowest BCUT2D eigenvalue weighted by molar-refractivity contribution is 0.670. The summed E-state index contributed by atoms with van der Waals surface area (Å²) in [6.07, 6.45) is 0.112. The molecule has 3 nitrogen and oxygen atoms in total. The molecule has 1 atom stereocenters. The first-order valence-corrected chi connectivity index (χ1v) is 12.4. The van der Waals surface area contributed by atoms with E-state index in [4.69, 9.17) is 4.42 Å². The molecule has 0 N–H and O–H groups in total. The normalized spacial score (nSPS) is 15.1. The Hall–Kier alpha value is -4.50. The first-order valence-electron chi connectivity index (χ1n) is 12.4. The molecule has 1 aliphatic rings. The van der Waals surface area contributed by atoms with Gasteiger partial charge in [0.1, 0.15) is 17.3 Å². The largest absolute Gasteiger partial charge is 0.455 e. The van der Waals surface area contributed by atoms with E-state index in [1.807, 2.05) is 6.07 Å². The van der Waals surface area contributed by atoms with E-state index in [1.165, 1.54) is 22.6 Å². The first kappa shape index (κ1) is 20.8. The van der Waals surface area contributed by atoms with Crippen LogP contribution in [0.25, 0.3) is 33.1 Å². The molecule has 0 fully saturated rings. The van der Waals surface area contributed by atoms with E-state index in [0.29, 0.717) is 0 Å². The van der Waals surface area contributed by atoms with Crippen LogP contribution < -0.4 is 9.80 Å². The smallest absolute Gasteiger partial charge is 0.143 e. The zero-order chi connectivity index (χ0) is 24.2. The van der Waals surface area contributed by atoms with E-state index in [2.05, 4.69) is 133 Å².